The predicted molar refractivity (Wildman–Crippen MR) is 229 cm³/mol. The van der Waals surface area contributed by atoms with Crippen LogP contribution in [0.1, 0.15) is 0 Å². The summed E-state index contributed by atoms with van der Waals surface area (Å²) in [6.45, 7) is 0. The first-order chi connectivity index (χ1) is 26.8. The predicted octanol–water partition coefficient (Wildman–Crippen LogP) is 15.0. The number of hydrogen-bond donors (Lipinski definition) is 0. The Morgan fingerprint density at radius 3 is 1.76 bits per heavy atom. The summed E-state index contributed by atoms with van der Waals surface area (Å²) in [6, 6.07) is 72.3. The molecule has 0 aliphatic rings. The number of nitrogens with zero attached hydrogens (tertiary/aromatic N) is 1. The summed E-state index contributed by atoms with van der Waals surface area (Å²) >= 11 is 0. The van der Waals surface area contributed by atoms with Gasteiger partial charge >= 0.3 is 0 Å². The zero-order valence-electron chi connectivity index (χ0n) is 29.4. The van der Waals surface area contributed by atoms with Gasteiger partial charge in [-0.15, -0.1) is 0 Å². The largest absolute Gasteiger partial charge is 0.456 e. The molecule has 1 aromatic heterocycles. The van der Waals surface area contributed by atoms with E-state index >= 15 is 0 Å². The Bertz CT molecular complexity index is 3200. The molecule has 0 bridgehead atoms. The van der Waals surface area contributed by atoms with E-state index in [2.05, 4.69) is 205 Å². The average molecular weight is 688 g/mol. The molecule has 1 heterocycles. The molecule has 10 aromatic carbocycles. The van der Waals surface area contributed by atoms with Gasteiger partial charge in [0, 0.05) is 16.6 Å². The van der Waals surface area contributed by atoms with E-state index in [4.69, 9.17) is 4.42 Å². The molecule has 0 saturated heterocycles. The van der Waals surface area contributed by atoms with Crippen molar-refractivity contribution < 1.29 is 4.42 Å². The van der Waals surface area contributed by atoms with E-state index in [1.54, 1.807) is 0 Å². The van der Waals surface area contributed by atoms with Crippen molar-refractivity contribution in [1.82, 2.24) is 0 Å². The van der Waals surface area contributed by atoms with Crippen LogP contribution in [0.5, 0.6) is 0 Å². The molecule has 0 radical (unpaired) electrons. The van der Waals surface area contributed by atoms with Gasteiger partial charge in [-0.1, -0.05) is 152 Å². The fourth-order valence-electron chi connectivity index (χ4n) is 8.52. The molecular weight excluding hydrogens is 655 g/mol. The Hall–Kier alpha value is -7.16. The maximum atomic E-state index is 6.59. The van der Waals surface area contributed by atoms with Crippen molar-refractivity contribution >= 4 is 82.1 Å². The first-order valence-corrected chi connectivity index (χ1v) is 18.5. The van der Waals surface area contributed by atoms with Gasteiger partial charge in [0.05, 0.1) is 16.8 Å². The van der Waals surface area contributed by atoms with Crippen molar-refractivity contribution in [3.05, 3.63) is 200 Å². The summed E-state index contributed by atoms with van der Waals surface area (Å²) < 4.78 is 6.59. The van der Waals surface area contributed by atoms with Crippen molar-refractivity contribution in [1.29, 1.82) is 0 Å². The van der Waals surface area contributed by atoms with Gasteiger partial charge < -0.3 is 9.32 Å². The topological polar surface area (TPSA) is 16.4 Å². The van der Waals surface area contributed by atoms with Gasteiger partial charge in [0.2, 0.25) is 0 Å². The van der Waals surface area contributed by atoms with Crippen molar-refractivity contribution in [3.63, 3.8) is 0 Å². The van der Waals surface area contributed by atoms with E-state index in [0.717, 1.165) is 44.6 Å². The summed E-state index contributed by atoms with van der Waals surface area (Å²) in [5.74, 6) is 0. The van der Waals surface area contributed by atoms with Gasteiger partial charge in [0.25, 0.3) is 0 Å². The van der Waals surface area contributed by atoms with Gasteiger partial charge in [-0.3, -0.25) is 0 Å². The van der Waals surface area contributed by atoms with Crippen LogP contribution in [0, 0.1) is 0 Å². The fraction of sp³-hybridized carbons (Fsp3) is 0. The van der Waals surface area contributed by atoms with Crippen LogP contribution in [0.4, 0.5) is 17.1 Å². The highest BCUT2D eigenvalue weighted by Gasteiger charge is 2.22. The maximum Gasteiger partial charge on any atom is 0.137 e. The summed E-state index contributed by atoms with van der Waals surface area (Å²) in [5, 5.41) is 12.2. The molecular formula is C52H33NO. The second-order valence-electron chi connectivity index (χ2n) is 14.1. The standard InChI is InChI=1S/C52H33NO/c1-2-13-34(14-3-1)41-19-10-11-22-47(41)53(48-23-12-24-49-52(48)46-31-37-16-4-5-17-38(37)33-50(46)54-49)40-28-25-36(26-29-40)45-32-39-18-7-9-21-43(39)51-42-20-8-6-15-35(42)27-30-44(45)51/h1-33H. The number of para-hydroxylation sites is 1. The van der Waals surface area contributed by atoms with Crippen molar-refractivity contribution in [2.24, 2.45) is 0 Å². The van der Waals surface area contributed by atoms with Crippen LogP contribution in [-0.4, -0.2) is 0 Å². The second-order valence-corrected chi connectivity index (χ2v) is 14.1. The third-order valence-electron chi connectivity index (χ3n) is 11.0. The van der Waals surface area contributed by atoms with Crippen LogP contribution in [-0.2, 0) is 0 Å². The SMILES string of the molecule is c1ccc(-c2ccccc2N(c2ccc(-c3cc4ccccc4c4c3ccc3ccccc34)cc2)c2cccc3oc4cc5ccccc5cc4c23)cc1. The van der Waals surface area contributed by atoms with Crippen molar-refractivity contribution in [2.75, 3.05) is 4.90 Å². The lowest BCUT2D eigenvalue weighted by molar-refractivity contribution is 0.669. The molecule has 252 valence electrons. The Kier molecular flexibility index (Phi) is 6.90. The van der Waals surface area contributed by atoms with E-state index < -0.39 is 0 Å². The molecule has 0 amide bonds. The minimum atomic E-state index is 0.867. The number of benzene rings is 10. The number of rotatable bonds is 5. The Morgan fingerprint density at radius 2 is 0.944 bits per heavy atom. The molecule has 0 N–H and O–H groups in total. The van der Waals surface area contributed by atoms with Crippen molar-refractivity contribution in [3.8, 4) is 22.3 Å². The minimum absolute atomic E-state index is 0.867. The lowest BCUT2D eigenvalue weighted by Gasteiger charge is -2.28. The number of fused-ring (bicyclic) bond motifs is 9. The van der Waals surface area contributed by atoms with E-state index in [9.17, 15) is 0 Å². The summed E-state index contributed by atoms with van der Waals surface area (Å²) in [7, 11) is 0. The quantitative estimate of drug-likeness (QED) is 0.168. The highest BCUT2D eigenvalue weighted by Crippen LogP contribution is 2.47. The Balaban J connectivity index is 1.15. The molecule has 0 spiro atoms. The fourth-order valence-corrected chi connectivity index (χ4v) is 8.52. The molecule has 54 heavy (non-hydrogen) atoms. The third kappa shape index (κ3) is 4.81. The lowest BCUT2D eigenvalue weighted by Crippen LogP contribution is -2.11. The first kappa shape index (κ1) is 30.5. The first-order valence-electron chi connectivity index (χ1n) is 18.5. The molecule has 11 rings (SSSR count). The van der Waals surface area contributed by atoms with Crippen LogP contribution in [0.3, 0.4) is 0 Å². The molecule has 0 unspecified atom stereocenters. The molecule has 0 fully saturated rings. The van der Waals surface area contributed by atoms with Gasteiger partial charge in [0.1, 0.15) is 11.2 Å². The lowest BCUT2D eigenvalue weighted by atomic mass is 9.90. The normalized spacial score (nSPS) is 11.7. The summed E-state index contributed by atoms with van der Waals surface area (Å²) in [5.41, 5.74) is 9.73. The number of anilines is 3. The summed E-state index contributed by atoms with van der Waals surface area (Å²) in [6.07, 6.45) is 0. The highest BCUT2D eigenvalue weighted by atomic mass is 16.3. The number of hydrogen-bond acceptors (Lipinski definition) is 2. The monoisotopic (exact) mass is 687 g/mol. The Morgan fingerprint density at radius 1 is 0.315 bits per heavy atom. The zero-order valence-corrected chi connectivity index (χ0v) is 29.4. The van der Waals surface area contributed by atoms with Gasteiger partial charge in [-0.25, -0.2) is 0 Å². The smallest absolute Gasteiger partial charge is 0.137 e. The van der Waals surface area contributed by atoms with E-state index in [1.807, 2.05) is 0 Å². The van der Waals surface area contributed by atoms with Crippen LogP contribution >= 0.6 is 0 Å². The third-order valence-corrected chi connectivity index (χ3v) is 11.0. The van der Waals surface area contributed by atoms with Crippen LogP contribution < -0.4 is 4.90 Å². The number of furan rings is 1. The Labute approximate surface area is 312 Å². The van der Waals surface area contributed by atoms with E-state index in [1.165, 1.54) is 59.8 Å². The highest BCUT2D eigenvalue weighted by molar-refractivity contribution is 6.24. The van der Waals surface area contributed by atoms with E-state index in [-0.39, 0.29) is 0 Å². The van der Waals surface area contributed by atoms with Crippen LogP contribution in [0.2, 0.25) is 0 Å². The molecule has 0 aliphatic heterocycles. The molecule has 2 heteroatoms. The van der Waals surface area contributed by atoms with Gasteiger partial charge in [-0.05, 0) is 108 Å². The van der Waals surface area contributed by atoms with Gasteiger partial charge in [0.15, 0.2) is 0 Å². The minimum Gasteiger partial charge on any atom is -0.456 e. The zero-order chi connectivity index (χ0) is 35.6. The molecule has 0 aliphatic carbocycles. The van der Waals surface area contributed by atoms with Crippen molar-refractivity contribution in [2.45, 2.75) is 0 Å². The summed E-state index contributed by atoms with van der Waals surface area (Å²) in [4.78, 5) is 2.41. The second kappa shape index (κ2) is 12.2. The average Bonchev–Trinajstić information content (AvgIpc) is 3.61. The van der Waals surface area contributed by atoms with Crippen LogP contribution in [0.25, 0.3) is 87.3 Å². The molecule has 0 atom stereocenters. The van der Waals surface area contributed by atoms with E-state index in [0.29, 0.717) is 0 Å². The molecule has 0 saturated carbocycles. The molecule has 11 aromatic rings. The van der Waals surface area contributed by atoms with Gasteiger partial charge in [-0.2, -0.15) is 0 Å². The van der Waals surface area contributed by atoms with Crippen LogP contribution in [0.15, 0.2) is 205 Å². The maximum absolute atomic E-state index is 6.59. The molecule has 2 nitrogen and oxygen atoms in total.